The minimum absolute atomic E-state index is 0.212. The molecule has 4 nitrogen and oxygen atoms in total. The summed E-state index contributed by atoms with van der Waals surface area (Å²) in [5.74, 6) is 0.574. The lowest BCUT2D eigenvalue weighted by molar-refractivity contribution is 0.457. The second kappa shape index (κ2) is 3.98. The Kier molecular flexibility index (Phi) is 2.97. The van der Waals surface area contributed by atoms with Crippen LogP contribution in [0.2, 0.25) is 5.02 Å². The van der Waals surface area contributed by atoms with Crippen molar-refractivity contribution >= 4 is 17.3 Å². The largest absolute Gasteiger partial charge is 0.382 e. The van der Waals surface area contributed by atoms with Gasteiger partial charge in [-0.3, -0.25) is 4.79 Å². The molecule has 0 spiro atoms. The molecule has 0 amide bonds. The third-order valence-electron chi connectivity index (χ3n) is 4.89. The molecule has 0 saturated heterocycles. The fourth-order valence-electron chi connectivity index (χ4n) is 2.69. The number of aryl methyl sites for hydroxylation is 1. The highest BCUT2D eigenvalue weighted by Gasteiger charge is 2.64. The van der Waals surface area contributed by atoms with Gasteiger partial charge in [0.15, 0.2) is 0 Å². The molecule has 1 aliphatic rings. The predicted octanol–water partition coefficient (Wildman–Crippen LogP) is 2.53. The molecule has 1 heterocycles. The van der Waals surface area contributed by atoms with Gasteiger partial charge in [0.2, 0.25) is 0 Å². The Morgan fingerprint density at radius 1 is 1.39 bits per heavy atom. The fourth-order valence-corrected chi connectivity index (χ4v) is 2.93. The van der Waals surface area contributed by atoms with Crippen molar-refractivity contribution in [3.63, 3.8) is 0 Å². The summed E-state index contributed by atoms with van der Waals surface area (Å²) in [5, 5.41) is 7.43. The van der Waals surface area contributed by atoms with Crippen molar-refractivity contribution in [2.75, 3.05) is 11.9 Å². The third kappa shape index (κ3) is 1.83. The van der Waals surface area contributed by atoms with Crippen LogP contribution in [0.25, 0.3) is 0 Å². The molecule has 1 aliphatic carbocycles. The van der Waals surface area contributed by atoms with Crippen LogP contribution in [0, 0.1) is 16.7 Å². The molecule has 1 aromatic rings. The van der Waals surface area contributed by atoms with Crippen LogP contribution in [-0.4, -0.2) is 16.3 Å². The number of aromatic nitrogens is 2. The lowest BCUT2D eigenvalue weighted by Gasteiger charge is -2.09. The van der Waals surface area contributed by atoms with Gasteiger partial charge in [-0.05, 0) is 16.7 Å². The monoisotopic (exact) mass is 269 g/mol. The second-order valence-electron chi connectivity index (χ2n) is 6.18. The number of anilines is 1. The molecule has 0 unspecified atom stereocenters. The summed E-state index contributed by atoms with van der Waals surface area (Å²) in [6.45, 7) is 9.88. The first-order chi connectivity index (χ1) is 8.19. The standard InChI is InChI=1S/C13H20ClN3O/c1-12(2)9(13(12,3)4)7-15-8-6-16-17(5)11(18)10(8)14/h6,9,15H,7H2,1-5H3. The van der Waals surface area contributed by atoms with E-state index < -0.39 is 0 Å². The Balaban J connectivity index is 2.10. The lowest BCUT2D eigenvalue weighted by Crippen LogP contribution is -2.21. The van der Waals surface area contributed by atoms with Gasteiger partial charge in [0, 0.05) is 13.6 Å². The fraction of sp³-hybridized carbons (Fsp3) is 0.692. The van der Waals surface area contributed by atoms with Crippen LogP contribution in [0.15, 0.2) is 11.0 Å². The number of hydrogen-bond acceptors (Lipinski definition) is 3. The molecule has 1 saturated carbocycles. The van der Waals surface area contributed by atoms with Gasteiger partial charge in [-0.25, -0.2) is 4.68 Å². The first kappa shape index (κ1) is 13.4. The van der Waals surface area contributed by atoms with E-state index in [0.717, 1.165) is 6.54 Å². The Morgan fingerprint density at radius 3 is 2.44 bits per heavy atom. The van der Waals surface area contributed by atoms with Crippen molar-refractivity contribution < 1.29 is 0 Å². The highest BCUT2D eigenvalue weighted by Crippen LogP contribution is 2.68. The van der Waals surface area contributed by atoms with Crippen LogP contribution in [0.3, 0.4) is 0 Å². The van der Waals surface area contributed by atoms with Gasteiger partial charge in [0.1, 0.15) is 5.02 Å². The van der Waals surface area contributed by atoms with E-state index in [1.165, 1.54) is 4.68 Å². The van der Waals surface area contributed by atoms with Gasteiger partial charge in [-0.1, -0.05) is 39.3 Å². The van der Waals surface area contributed by atoms with E-state index in [2.05, 4.69) is 38.1 Å². The van der Waals surface area contributed by atoms with Crippen molar-refractivity contribution in [3.8, 4) is 0 Å². The number of nitrogens with one attached hydrogen (secondary N) is 1. The van der Waals surface area contributed by atoms with E-state index in [1.54, 1.807) is 13.2 Å². The Morgan fingerprint density at radius 2 is 1.94 bits per heavy atom. The predicted molar refractivity (Wildman–Crippen MR) is 74.0 cm³/mol. The average Bonchev–Trinajstić information content (AvgIpc) is 2.66. The Hall–Kier alpha value is -1.03. The zero-order chi connectivity index (χ0) is 13.7. The molecule has 1 N–H and O–H groups in total. The molecule has 100 valence electrons. The van der Waals surface area contributed by atoms with E-state index in [1.807, 2.05) is 0 Å². The Bertz CT molecular complexity index is 520. The van der Waals surface area contributed by atoms with Crippen molar-refractivity contribution in [1.29, 1.82) is 0 Å². The van der Waals surface area contributed by atoms with E-state index in [9.17, 15) is 4.79 Å². The molecule has 1 aromatic heterocycles. The van der Waals surface area contributed by atoms with Crippen LogP contribution < -0.4 is 10.9 Å². The molecule has 0 bridgehead atoms. The summed E-state index contributed by atoms with van der Waals surface area (Å²) in [7, 11) is 1.59. The minimum Gasteiger partial charge on any atom is -0.382 e. The van der Waals surface area contributed by atoms with Gasteiger partial charge in [0.25, 0.3) is 5.56 Å². The van der Waals surface area contributed by atoms with Crippen LogP contribution >= 0.6 is 11.6 Å². The highest BCUT2D eigenvalue weighted by atomic mass is 35.5. The maximum absolute atomic E-state index is 11.6. The number of halogens is 1. The molecular weight excluding hydrogens is 250 g/mol. The van der Waals surface area contributed by atoms with E-state index >= 15 is 0 Å². The maximum atomic E-state index is 11.6. The van der Waals surface area contributed by atoms with E-state index in [-0.39, 0.29) is 10.6 Å². The zero-order valence-electron chi connectivity index (χ0n) is 11.5. The summed E-state index contributed by atoms with van der Waals surface area (Å²) in [4.78, 5) is 11.6. The van der Waals surface area contributed by atoms with E-state index in [0.29, 0.717) is 22.4 Å². The smallest absolute Gasteiger partial charge is 0.287 e. The Labute approximate surface area is 112 Å². The van der Waals surface area contributed by atoms with E-state index in [4.69, 9.17) is 11.6 Å². The normalized spacial score (nSPS) is 20.8. The van der Waals surface area contributed by atoms with Crippen LogP contribution in [0.5, 0.6) is 0 Å². The van der Waals surface area contributed by atoms with Crippen molar-refractivity contribution in [2.24, 2.45) is 23.8 Å². The van der Waals surface area contributed by atoms with Gasteiger partial charge < -0.3 is 5.32 Å². The summed E-state index contributed by atoms with van der Waals surface area (Å²) in [6.07, 6.45) is 1.60. The summed E-state index contributed by atoms with van der Waals surface area (Å²) >= 11 is 6.01. The molecule has 0 atom stereocenters. The lowest BCUT2D eigenvalue weighted by atomic mass is 10.0. The molecule has 1 fully saturated rings. The number of rotatable bonds is 3. The van der Waals surface area contributed by atoms with Gasteiger partial charge in [0.05, 0.1) is 11.9 Å². The molecule has 0 radical (unpaired) electrons. The number of hydrogen-bond donors (Lipinski definition) is 1. The van der Waals surface area contributed by atoms with Crippen LogP contribution in [0.4, 0.5) is 5.69 Å². The summed E-state index contributed by atoms with van der Waals surface area (Å²) in [6, 6.07) is 0. The van der Waals surface area contributed by atoms with Crippen LogP contribution in [-0.2, 0) is 7.05 Å². The van der Waals surface area contributed by atoms with Crippen molar-refractivity contribution in [1.82, 2.24) is 9.78 Å². The van der Waals surface area contributed by atoms with Crippen molar-refractivity contribution in [2.45, 2.75) is 27.7 Å². The average molecular weight is 270 g/mol. The third-order valence-corrected chi connectivity index (χ3v) is 5.26. The van der Waals surface area contributed by atoms with Crippen LogP contribution in [0.1, 0.15) is 27.7 Å². The molecule has 0 aliphatic heterocycles. The van der Waals surface area contributed by atoms with Gasteiger partial charge in [-0.2, -0.15) is 5.10 Å². The van der Waals surface area contributed by atoms with Gasteiger partial charge >= 0.3 is 0 Å². The first-order valence-electron chi connectivity index (χ1n) is 6.15. The molecule has 0 aromatic carbocycles. The first-order valence-corrected chi connectivity index (χ1v) is 6.53. The van der Waals surface area contributed by atoms with Gasteiger partial charge in [-0.15, -0.1) is 0 Å². The number of nitrogens with zero attached hydrogens (tertiary/aromatic N) is 2. The topological polar surface area (TPSA) is 46.9 Å². The maximum Gasteiger partial charge on any atom is 0.287 e. The summed E-state index contributed by atoms with van der Waals surface area (Å²) < 4.78 is 1.23. The highest BCUT2D eigenvalue weighted by molar-refractivity contribution is 6.32. The molecule has 18 heavy (non-hydrogen) atoms. The molecular formula is C13H20ClN3O. The minimum atomic E-state index is -0.268. The zero-order valence-corrected chi connectivity index (χ0v) is 12.3. The summed E-state index contributed by atoms with van der Waals surface area (Å²) in [5.41, 5.74) is 0.994. The SMILES string of the molecule is Cn1ncc(NCC2C(C)(C)C2(C)C)c(Cl)c1=O. The quantitative estimate of drug-likeness (QED) is 0.917. The molecule has 2 rings (SSSR count). The second-order valence-corrected chi connectivity index (χ2v) is 6.56. The van der Waals surface area contributed by atoms with Crippen molar-refractivity contribution in [3.05, 3.63) is 21.6 Å². The molecule has 5 heteroatoms.